The number of rotatable bonds is 6. The number of ether oxygens (including phenoxy) is 1. The predicted octanol–water partition coefficient (Wildman–Crippen LogP) is 3.50. The molecule has 2 amide bonds. The first kappa shape index (κ1) is 18.7. The monoisotopic (exact) mass is 387 g/mol. The molecule has 0 bridgehead atoms. The minimum absolute atomic E-state index is 0.132. The van der Waals surface area contributed by atoms with Crippen LogP contribution in [0.3, 0.4) is 0 Å². The van der Waals surface area contributed by atoms with E-state index in [1.165, 1.54) is 0 Å². The lowest BCUT2D eigenvalue weighted by Crippen LogP contribution is -2.32. The fourth-order valence-corrected chi connectivity index (χ4v) is 3.52. The fraction of sp³-hybridized carbons (Fsp3) is 0.174. The summed E-state index contributed by atoms with van der Waals surface area (Å²) in [6.07, 6.45) is 1.80. The van der Waals surface area contributed by atoms with Crippen molar-refractivity contribution in [3.05, 3.63) is 89.7 Å². The van der Waals surface area contributed by atoms with Crippen molar-refractivity contribution in [3.63, 3.8) is 0 Å². The molecule has 0 radical (unpaired) electrons. The van der Waals surface area contributed by atoms with Gasteiger partial charge in [-0.15, -0.1) is 0 Å². The van der Waals surface area contributed by atoms with E-state index < -0.39 is 6.04 Å². The number of benzene rings is 2. The van der Waals surface area contributed by atoms with Crippen LogP contribution in [0.5, 0.6) is 5.75 Å². The number of hydrogen-bond donors (Lipinski definition) is 1. The molecular formula is C23H21N3O3. The van der Waals surface area contributed by atoms with Gasteiger partial charge in [-0.25, -0.2) is 0 Å². The standard InChI is InChI=1S/C23H21N3O3/c1-29-18-11-9-16(10-12-18)15-25-21(27)14-20-22-19(8-5-13-24-22)23(28)26(20)17-6-3-2-4-7-17/h2-13,20H,14-15H2,1H3,(H,25,27). The second-order valence-electron chi connectivity index (χ2n) is 6.79. The highest BCUT2D eigenvalue weighted by atomic mass is 16.5. The largest absolute Gasteiger partial charge is 0.497 e. The van der Waals surface area contributed by atoms with Gasteiger partial charge in [0.1, 0.15) is 5.75 Å². The molecule has 0 saturated heterocycles. The van der Waals surface area contributed by atoms with E-state index in [9.17, 15) is 9.59 Å². The van der Waals surface area contributed by atoms with Crippen LogP contribution in [0.1, 0.15) is 34.1 Å². The van der Waals surface area contributed by atoms with E-state index in [-0.39, 0.29) is 18.2 Å². The Hall–Kier alpha value is -3.67. The maximum absolute atomic E-state index is 13.0. The molecule has 0 fully saturated rings. The van der Waals surface area contributed by atoms with Gasteiger partial charge in [0.2, 0.25) is 5.91 Å². The zero-order chi connectivity index (χ0) is 20.2. The van der Waals surface area contributed by atoms with Crippen LogP contribution in [0.4, 0.5) is 5.69 Å². The first-order valence-corrected chi connectivity index (χ1v) is 9.40. The van der Waals surface area contributed by atoms with Crippen molar-refractivity contribution in [2.45, 2.75) is 19.0 Å². The summed E-state index contributed by atoms with van der Waals surface area (Å²) in [5.41, 5.74) is 2.91. The molecule has 1 aliphatic rings. The zero-order valence-corrected chi connectivity index (χ0v) is 16.0. The SMILES string of the molecule is COc1ccc(CNC(=O)CC2c3ncccc3C(=O)N2c2ccccc2)cc1. The molecular weight excluding hydrogens is 366 g/mol. The molecule has 6 heteroatoms. The molecule has 0 spiro atoms. The minimum Gasteiger partial charge on any atom is -0.497 e. The summed E-state index contributed by atoms with van der Waals surface area (Å²) in [6.45, 7) is 0.407. The number of methoxy groups -OCH3 is 1. The maximum atomic E-state index is 13.0. The third-order valence-electron chi connectivity index (χ3n) is 4.98. The van der Waals surface area contributed by atoms with Crippen LogP contribution >= 0.6 is 0 Å². The van der Waals surface area contributed by atoms with Gasteiger partial charge in [-0.2, -0.15) is 0 Å². The number of carbonyl (C=O) groups is 2. The summed E-state index contributed by atoms with van der Waals surface area (Å²) in [6, 6.07) is 20.0. The van der Waals surface area contributed by atoms with E-state index in [4.69, 9.17) is 4.74 Å². The normalized spacial score (nSPS) is 15.1. The number of aromatic nitrogens is 1. The van der Waals surface area contributed by atoms with E-state index in [1.807, 2.05) is 54.6 Å². The Bertz CT molecular complexity index is 1020. The smallest absolute Gasteiger partial charge is 0.260 e. The van der Waals surface area contributed by atoms with E-state index in [0.29, 0.717) is 17.8 Å². The van der Waals surface area contributed by atoms with Gasteiger partial charge >= 0.3 is 0 Å². The lowest BCUT2D eigenvalue weighted by molar-refractivity contribution is -0.121. The predicted molar refractivity (Wildman–Crippen MR) is 110 cm³/mol. The van der Waals surface area contributed by atoms with Gasteiger partial charge in [0.15, 0.2) is 0 Å². The molecule has 3 aromatic rings. The summed E-state index contributed by atoms with van der Waals surface area (Å²) in [5.74, 6) is 0.496. The van der Waals surface area contributed by atoms with Gasteiger partial charge < -0.3 is 10.1 Å². The Morgan fingerprint density at radius 1 is 1.07 bits per heavy atom. The topological polar surface area (TPSA) is 71.5 Å². The number of carbonyl (C=O) groups excluding carboxylic acids is 2. The van der Waals surface area contributed by atoms with Crippen molar-refractivity contribution in [2.24, 2.45) is 0 Å². The van der Waals surface area contributed by atoms with Crippen LogP contribution in [0.15, 0.2) is 72.9 Å². The molecule has 1 aromatic heterocycles. The molecule has 2 aromatic carbocycles. The third-order valence-corrected chi connectivity index (χ3v) is 4.98. The number of nitrogens with one attached hydrogen (secondary N) is 1. The Labute approximate surface area is 169 Å². The van der Waals surface area contributed by atoms with E-state index in [1.54, 1.807) is 30.3 Å². The highest BCUT2D eigenvalue weighted by Crippen LogP contribution is 2.38. The van der Waals surface area contributed by atoms with Gasteiger partial charge in [0.25, 0.3) is 5.91 Å². The average Bonchev–Trinajstić information content (AvgIpc) is 3.05. The fourth-order valence-electron chi connectivity index (χ4n) is 3.52. The minimum atomic E-state index is -0.433. The molecule has 4 rings (SSSR count). The van der Waals surface area contributed by atoms with Gasteiger partial charge in [-0.1, -0.05) is 30.3 Å². The molecule has 1 aliphatic heterocycles. The Morgan fingerprint density at radius 3 is 2.55 bits per heavy atom. The zero-order valence-electron chi connectivity index (χ0n) is 16.0. The van der Waals surface area contributed by atoms with Crippen LogP contribution < -0.4 is 15.0 Å². The summed E-state index contributed by atoms with van der Waals surface area (Å²) in [7, 11) is 1.62. The summed E-state index contributed by atoms with van der Waals surface area (Å²) in [4.78, 5) is 31.7. The van der Waals surface area contributed by atoms with Crippen molar-refractivity contribution in [2.75, 3.05) is 12.0 Å². The van der Waals surface area contributed by atoms with Gasteiger partial charge in [-0.05, 0) is 42.0 Å². The first-order chi connectivity index (χ1) is 14.2. The first-order valence-electron chi connectivity index (χ1n) is 9.40. The molecule has 146 valence electrons. The molecule has 1 atom stereocenters. The summed E-state index contributed by atoms with van der Waals surface area (Å²) >= 11 is 0. The molecule has 0 aliphatic carbocycles. The Morgan fingerprint density at radius 2 is 1.83 bits per heavy atom. The highest BCUT2D eigenvalue weighted by molar-refractivity contribution is 6.11. The van der Waals surface area contributed by atoms with Gasteiger partial charge in [-0.3, -0.25) is 19.5 Å². The maximum Gasteiger partial charge on any atom is 0.260 e. The molecule has 1 unspecified atom stereocenters. The van der Waals surface area contributed by atoms with Crippen LogP contribution in [-0.4, -0.2) is 23.9 Å². The van der Waals surface area contributed by atoms with Crippen LogP contribution in [0, 0.1) is 0 Å². The van der Waals surface area contributed by atoms with Crippen LogP contribution in [0.2, 0.25) is 0 Å². The highest BCUT2D eigenvalue weighted by Gasteiger charge is 2.39. The number of nitrogens with zero attached hydrogens (tertiary/aromatic N) is 2. The summed E-state index contributed by atoms with van der Waals surface area (Å²) in [5, 5.41) is 2.94. The second kappa shape index (κ2) is 8.14. The van der Waals surface area contributed by atoms with E-state index in [0.717, 1.165) is 17.0 Å². The second-order valence-corrected chi connectivity index (χ2v) is 6.79. The average molecular weight is 387 g/mol. The number of fused-ring (bicyclic) bond motifs is 1. The summed E-state index contributed by atoms with van der Waals surface area (Å²) < 4.78 is 5.15. The third kappa shape index (κ3) is 3.82. The number of amides is 2. The molecule has 2 heterocycles. The number of pyridine rings is 1. The number of anilines is 1. The molecule has 0 saturated carbocycles. The van der Waals surface area contributed by atoms with E-state index >= 15 is 0 Å². The van der Waals surface area contributed by atoms with Gasteiger partial charge in [0, 0.05) is 18.4 Å². The Kier molecular flexibility index (Phi) is 5.24. The Balaban J connectivity index is 1.51. The number of hydrogen-bond acceptors (Lipinski definition) is 4. The lowest BCUT2D eigenvalue weighted by atomic mass is 10.1. The van der Waals surface area contributed by atoms with Crippen molar-refractivity contribution in [1.29, 1.82) is 0 Å². The van der Waals surface area contributed by atoms with Crippen molar-refractivity contribution < 1.29 is 14.3 Å². The number of para-hydroxylation sites is 1. The molecule has 1 N–H and O–H groups in total. The van der Waals surface area contributed by atoms with Crippen LogP contribution in [-0.2, 0) is 11.3 Å². The van der Waals surface area contributed by atoms with E-state index in [2.05, 4.69) is 10.3 Å². The van der Waals surface area contributed by atoms with Crippen molar-refractivity contribution >= 4 is 17.5 Å². The molecule has 29 heavy (non-hydrogen) atoms. The quantitative estimate of drug-likeness (QED) is 0.703. The lowest BCUT2D eigenvalue weighted by Gasteiger charge is -2.24. The molecule has 6 nitrogen and oxygen atoms in total. The van der Waals surface area contributed by atoms with Gasteiger partial charge in [0.05, 0.1) is 30.8 Å². The van der Waals surface area contributed by atoms with Crippen LogP contribution in [0.25, 0.3) is 0 Å². The van der Waals surface area contributed by atoms with Crippen molar-refractivity contribution in [1.82, 2.24) is 10.3 Å². The van der Waals surface area contributed by atoms with Crippen molar-refractivity contribution in [3.8, 4) is 5.75 Å².